The van der Waals surface area contributed by atoms with Crippen LogP contribution in [-0.2, 0) is 4.79 Å². The van der Waals surface area contributed by atoms with E-state index in [1.165, 1.54) is 13.2 Å². The number of phenolic OH excluding ortho intramolecular Hbond substituents is 1. The van der Waals surface area contributed by atoms with E-state index in [1.54, 1.807) is 36.4 Å². The molecule has 3 rings (SSSR count). The monoisotopic (exact) mass is 391 g/mol. The molecule has 0 radical (unpaired) electrons. The summed E-state index contributed by atoms with van der Waals surface area (Å²) in [6.45, 7) is 0. The molecule has 0 saturated carbocycles. The second kappa shape index (κ2) is 8.11. The molecule has 1 amide bonds. The second-order valence-corrected chi connectivity index (χ2v) is 6.43. The highest BCUT2D eigenvalue weighted by Crippen LogP contribution is 2.30. The largest absolute Gasteiger partial charge is 0.507 e. The minimum absolute atomic E-state index is 0.0403. The third-order valence-corrected chi connectivity index (χ3v) is 4.36. The fourth-order valence-electron chi connectivity index (χ4n) is 2.12. The molecule has 3 aromatic rings. The standard InChI is InChI=1S/C17H14ClN3O4S/c1-24-14-7-6-10(18)8-12(14)19-15(23)9-26-17-21-20-16(25-17)11-4-2-3-5-13(11)22/h2-8,22H,9H2,1H3,(H,19,23). The van der Waals surface area contributed by atoms with E-state index in [4.69, 9.17) is 20.8 Å². The average molecular weight is 392 g/mol. The SMILES string of the molecule is COc1ccc(Cl)cc1NC(=O)CSc1nnc(-c2ccccc2O)o1. The van der Waals surface area contributed by atoms with Crippen LogP contribution in [0.1, 0.15) is 0 Å². The molecule has 0 atom stereocenters. The molecule has 0 spiro atoms. The Kier molecular flexibility index (Phi) is 5.65. The third kappa shape index (κ3) is 4.27. The van der Waals surface area contributed by atoms with Crippen LogP contribution < -0.4 is 10.1 Å². The van der Waals surface area contributed by atoms with Gasteiger partial charge in [0.25, 0.3) is 11.1 Å². The van der Waals surface area contributed by atoms with Crippen molar-refractivity contribution in [1.82, 2.24) is 10.2 Å². The van der Waals surface area contributed by atoms with Crippen LogP contribution in [0.5, 0.6) is 11.5 Å². The number of phenols is 1. The first-order valence-corrected chi connectivity index (χ1v) is 8.81. The van der Waals surface area contributed by atoms with Crippen LogP contribution in [0.3, 0.4) is 0 Å². The summed E-state index contributed by atoms with van der Waals surface area (Å²) in [6.07, 6.45) is 0. The fraction of sp³-hybridized carbons (Fsp3) is 0.118. The quantitative estimate of drug-likeness (QED) is 0.616. The number of carbonyl (C=O) groups is 1. The van der Waals surface area contributed by atoms with Crippen molar-refractivity contribution in [1.29, 1.82) is 0 Å². The summed E-state index contributed by atoms with van der Waals surface area (Å²) in [6, 6.07) is 11.6. The van der Waals surface area contributed by atoms with Gasteiger partial charge in [0.05, 0.1) is 24.1 Å². The molecule has 0 unspecified atom stereocenters. The zero-order chi connectivity index (χ0) is 18.5. The summed E-state index contributed by atoms with van der Waals surface area (Å²) in [5.41, 5.74) is 0.908. The van der Waals surface area contributed by atoms with Crippen LogP contribution in [0, 0.1) is 0 Å². The van der Waals surface area contributed by atoms with E-state index in [0.717, 1.165) is 11.8 Å². The molecule has 2 N–H and O–H groups in total. The van der Waals surface area contributed by atoms with Crippen LogP contribution in [0.4, 0.5) is 5.69 Å². The van der Waals surface area contributed by atoms with E-state index in [0.29, 0.717) is 22.0 Å². The molecule has 0 saturated heterocycles. The molecule has 0 aliphatic heterocycles. The molecule has 9 heteroatoms. The van der Waals surface area contributed by atoms with Gasteiger partial charge in [0.15, 0.2) is 0 Å². The number of aromatic hydroxyl groups is 1. The maximum Gasteiger partial charge on any atom is 0.277 e. The lowest BCUT2D eigenvalue weighted by Crippen LogP contribution is -2.14. The number of nitrogens with one attached hydrogen (secondary N) is 1. The number of thioether (sulfide) groups is 1. The summed E-state index contributed by atoms with van der Waals surface area (Å²) in [5.74, 6) is 0.504. The first-order valence-electron chi connectivity index (χ1n) is 7.45. The highest BCUT2D eigenvalue weighted by molar-refractivity contribution is 7.99. The maximum atomic E-state index is 12.1. The van der Waals surface area contributed by atoms with Crippen molar-refractivity contribution < 1.29 is 19.1 Å². The minimum Gasteiger partial charge on any atom is -0.507 e. The Morgan fingerprint density at radius 3 is 2.88 bits per heavy atom. The number of halogens is 1. The Hall–Kier alpha value is -2.71. The van der Waals surface area contributed by atoms with E-state index in [-0.39, 0.29) is 28.5 Å². The van der Waals surface area contributed by atoms with E-state index >= 15 is 0 Å². The average Bonchev–Trinajstić information content (AvgIpc) is 3.09. The first-order chi connectivity index (χ1) is 12.6. The lowest BCUT2D eigenvalue weighted by atomic mass is 10.2. The molecule has 1 heterocycles. The van der Waals surface area contributed by atoms with Gasteiger partial charge in [0.1, 0.15) is 11.5 Å². The van der Waals surface area contributed by atoms with E-state index in [9.17, 15) is 9.90 Å². The van der Waals surface area contributed by atoms with Crippen LogP contribution in [0.15, 0.2) is 52.1 Å². The summed E-state index contributed by atoms with van der Waals surface area (Å²) < 4.78 is 10.7. The number of amides is 1. The molecular weight excluding hydrogens is 378 g/mol. The van der Waals surface area contributed by atoms with E-state index in [1.807, 2.05) is 0 Å². The number of ether oxygens (including phenoxy) is 1. The number of rotatable bonds is 6. The normalized spacial score (nSPS) is 10.5. The van der Waals surface area contributed by atoms with Gasteiger partial charge in [0.2, 0.25) is 5.91 Å². The minimum atomic E-state index is -0.280. The third-order valence-electron chi connectivity index (χ3n) is 3.30. The number of carbonyl (C=O) groups excluding carboxylic acids is 1. The predicted octanol–water partition coefficient (Wildman–Crippen LogP) is 3.84. The second-order valence-electron chi connectivity index (χ2n) is 5.07. The number of aromatic nitrogens is 2. The number of anilines is 1. The van der Waals surface area contributed by atoms with Crippen LogP contribution in [0.25, 0.3) is 11.5 Å². The van der Waals surface area contributed by atoms with Crippen molar-refractivity contribution in [2.24, 2.45) is 0 Å². The molecule has 26 heavy (non-hydrogen) atoms. The molecule has 0 aliphatic rings. The molecule has 134 valence electrons. The molecule has 1 aromatic heterocycles. The summed E-state index contributed by atoms with van der Waals surface area (Å²) in [4.78, 5) is 12.1. The zero-order valence-corrected chi connectivity index (χ0v) is 15.2. The molecular formula is C17H14ClN3O4S. The summed E-state index contributed by atoms with van der Waals surface area (Å²) in [7, 11) is 1.51. The molecule has 0 bridgehead atoms. The highest BCUT2D eigenvalue weighted by atomic mass is 35.5. The number of methoxy groups -OCH3 is 1. The molecule has 2 aromatic carbocycles. The Labute approximate surface area is 158 Å². The lowest BCUT2D eigenvalue weighted by Gasteiger charge is -2.09. The van der Waals surface area contributed by atoms with Crippen LogP contribution in [0.2, 0.25) is 5.02 Å². The maximum absolute atomic E-state index is 12.1. The van der Waals surface area contributed by atoms with Gasteiger partial charge in [-0.05, 0) is 30.3 Å². The van der Waals surface area contributed by atoms with Gasteiger partial charge in [-0.3, -0.25) is 4.79 Å². The van der Waals surface area contributed by atoms with Gasteiger partial charge in [-0.1, -0.05) is 35.5 Å². The number of hydrogen-bond acceptors (Lipinski definition) is 7. The molecule has 0 fully saturated rings. The van der Waals surface area contributed by atoms with Gasteiger partial charge >= 0.3 is 0 Å². The Balaban J connectivity index is 1.62. The van der Waals surface area contributed by atoms with Gasteiger partial charge in [-0.25, -0.2) is 0 Å². The van der Waals surface area contributed by atoms with Gasteiger partial charge < -0.3 is 19.6 Å². The van der Waals surface area contributed by atoms with E-state index < -0.39 is 0 Å². The Bertz CT molecular complexity index is 932. The highest BCUT2D eigenvalue weighted by Gasteiger charge is 2.14. The van der Waals surface area contributed by atoms with Crippen molar-refractivity contribution in [3.8, 4) is 23.0 Å². The smallest absolute Gasteiger partial charge is 0.277 e. The van der Waals surface area contributed by atoms with Crippen LogP contribution >= 0.6 is 23.4 Å². The van der Waals surface area contributed by atoms with Crippen molar-refractivity contribution in [2.75, 3.05) is 18.2 Å². The lowest BCUT2D eigenvalue weighted by molar-refractivity contribution is -0.113. The number of para-hydroxylation sites is 1. The summed E-state index contributed by atoms with van der Waals surface area (Å²) in [5, 5.41) is 21.0. The van der Waals surface area contributed by atoms with Gasteiger partial charge in [-0.15, -0.1) is 10.2 Å². The Morgan fingerprint density at radius 1 is 1.31 bits per heavy atom. The van der Waals surface area contributed by atoms with Crippen molar-refractivity contribution in [3.63, 3.8) is 0 Å². The zero-order valence-electron chi connectivity index (χ0n) is 13.6. The van der Waals surface area contributed by atoms with Crippen molar-refractivity contribution in [2.45, 2.75) is 5.22 Å². The van der Waals surface area contributed by atoms with Crippen LogP contribution in [-0.4, -0.2) is 34.1 Å². The number of nitrogens with zero attached hydrogens (tertiary/aromatic N) is 2. The molecule has 0 aliphatic carbocycles. The first kappa shape index (κ1) is 18.1. The fourth-order valence-corrected chi connectivity index (χ4v) is 2.86. The molecule has 7 nitrogen and oxygen atoms in total. The van der Waals surface area contributed by atoms with Crippen molar-refractivity contribution in [3.05, 3.63) is 47.5 Å². The van der Waals surface area contributed by atoms with Gasteiger partial charge in [0, 0.05) is 5.02 Å². The predicted molar refractivity (Wildman–Crippen MR) is 98.8 cm³/mol. The number of benzene rings is 2. The topological polar surface area (TPSA) is 97.5 Å². The number of hydrogen-bond donors (Lipinski definition) is 2. The van der Waals surface area contributed by atoms with Crippen molar-refractivity contribution >= 4 is 35.0 Å². The summed E-state index contributed by atoms with van der Waals surface area (Å²) >= 11 is 7.02. The Morgan fingerprint density at radius 2 is 2.12 bits per heavy atom. The van der Waals surface area contributed by atoms with Gasteiger partial charge in [-0.2, -0.15) is 0 Å². The van der Waals surface area contributed by atoms with E-state index in [2.05, 4.69) is 15.5 Å².